The second-order valence-electron chi connectivity index (χ2n) is 5.08. The maximum absolute atomic E-state index is 10.2. The lowest BCUT2D eigenvalue weighted by Crippen LogP contribution is -2.22. The summed E-state index contributed by atoms with van der Waals surface area (Å²) in [5, 5.41) is 18.3. The first kappa shape index (κ1) is 28.1. The number of nitrogens with one attached hydrogen (secondary N) is 1. The smallest absolute Gasteiger partial charge is 0.322 e. The van der Waals surface area contributed by atoms with Gasteiger partial charge < -0.3 is 25.1 Å². The van der Waals surface area contributed by atoms with E-state index in [0.717, 1.165) is 37.6 Å². The van der Waals surface area contributed by atoms with E-state index >= 15 is 0 Å². The summed E-state index contributed by atoms with van der Waals surface area (Å²) in [7, 11) is 1.00. The Balaban J connectivity index is -0.000000328. The molecule has 6 nitrogen and oxygen atoms in total. The molecule has 26 heavy (non-hydrogen) atoms. The Labute approximate surface area is 156 Å². The zero-order valence-corrected chi connectivity index (χ0v) is 16.0. The van der Waals surface area contributed by atoms with E-state index in [1.54, 1.807) is 0 Å². The largest absolute Gasteiger partial charge is 0.480 e. The third-order valence-corrected chi connectivity index (χ3v) is 3.01. The van der Waals surface area contributed by atoms with Crippen LogP contribution in [0.4, 0.5) is 0 Å². The van der Waals surface area contributed by atoms with Crippen molar-refractivity contribution in [1.82, 2.24) is 5.32 Å². The van der Waals surface area contributed by atoms with Crippen LogP contribution in [-0.2, 0) is 14.4 Å². The quantitative estimate of drug-likeness (QED) is 0.761. The maximum Gasteiger partial charge on any atom is 0.322 e. The first-order valence-corrected chi connectivity index (χ1v) is 7.87. The summed E-state index contributed by atoms with van der Waals surface area (Å²) in [6.45, 7) is 12.0. The Bertz CT molecular complexity index is 501. The number of aliphatic carboxylic acids is 1. The number of hydrogen-bond donors (Lipinski definition) is 3. The van der Waals surface area contributed by atoms with E-state index in [-0.39, 0.29) is 6.54 Å². The third kappa shape index (κ3) is 17.6. The molecule has 0 atom stereocenters. The standard InChI is InChI=1S/C9H13NO2.C8H10.CH4O.2CH2O/c1-7-3-2-4-8(5-7)10-6-9(11)12;1-7-3-5-8(2)6-4-7;3*1-2/h5,10H,1-4,6H2,(H,11,12);3-6H,1-2H3;2H,1H3;2*1H2. The van der Waals surface area contributed by atoms with E-state index in [1.165, 1.54) is 11.1 Å². The van der Waals surface area contributed by atoms with E-state index in [1.807, 2.05) is 19.7 Å². The fourth-order valence-corrected chi connectivity index (χ4v) is 1.86. The summed E-state index contributed by atoms with van der Waals surface area (Å²) in [6.07, 6.45) is 4.97. The second-order valence-corrected chi connectivity index (χ2v) is 5.08. The SMILES string of the molecule is C=C1C=C(NCC(=O)O)CCC1.C=O.C=O.CO.Cc1ccc(C)cc1. The van der Waals surface area contributed by atoms with Gasteiger partial charge in [0.25, 0.3) is 0 Å². The summed E-state index contributed by atoms with van der Waals surface area (Å²) in [6, 6.07) is 8.48. The molecular weight excluding hydrogens is 334 g/mol. The van der Waals surface area contributed by atoms with Gasteiger partial charge in [0.1, 0.15) is 20.1 Å². The van der Waals surface area contributed by atoms with Gasteiger partial charge >= 0.3 is 5.97 Å². The van der Waals surface area contributed by atoms with Crippen LogP contribution in [0, 0.1) is 13.8 Å². The Kier molecular flexibility index (Phi) is 21.9. The molecule has 0 fully saturated rings. The fraction of sp³-hybridized carbons (Fsp3) is 0.350. The maximum atomic E-state index is 10.2. The lowest BCUT2D eigenvalue weighted by atomic mass is 10.0. The fourth-order valence-electron chi connectivity index (χ4n) is 1.86. The van der Waals surface area contributed by atoms with Crippen molar-refractivity contribution in [2.45, 2.75) is 33.1 Å². The van der Waals surface area contributed by atoms with E-state index < -0.39 is 5.97 Å². The highest BCUT2D eigenvalue weighted by atomic mass is 16.4. The average Bonchev–Trinajstić information content (AvgIpc) is 2.68. The van der Waals surface area contributed by atoms with Crippen molar-refractivity contribution >= 4 is 19.5 Å². The molecule has 1 aliphatic carbocycles. The molecule has 1 aliphatic rings. The summed E-state index contributed by atoms with van der Waals surface area (Å²) < 4.78 is 0. The minimum absolute atomic E-state index is 0.000880. The molecule has 0 bridgehead atoms. The third-order valence-electron chi connectivity index (χ3n) is 3.01. The van der Waals surface area contributed by atoms with E-state index in [0.29, 0.717) is 0 Å². The molecule has 1 aromatic carbocycles. The summed E-state index contributed by atoms with van der Waals surface area (Å²) in [5.74, 6) is -0.827. The number of aliphatic hydroxyl groups is 1. The molecule has 146 valence electrons. The summed E-state index contributed by atoms with van der Waals surface area (Å²) in [5.41, 5.74) is 4.73. The number of carbonyl (C=O) groups excluding carboxylic acids is 2. The van der Waals surface area contributed by atoms with Gasteiger partial charge in [-0.15, -0.1) is 0 Å². The van der Waals surface area contributed by atoms with E-state index in [2.05, 4.69) is 50.0 Å². The van der Waals surface area contributed by atoms with Crippen molar-refractivity contribution in [3.05, 3.63) is 59.3 Å². The topological polar surface area (TPSA) is 104 Å². The van der Waals surface area contributed by atoms with Crippen LogP contribution in [0.5, 0.6) is 0 Å². The Morgan fingerprint density at radius 3 is 1.77 bits per heavy atom. The summed E-state index contributed by atoms with van der Waals surface area (Å²) >= 11 is 0. The molecule has 0 heterocycles. The molecule has 0 aromatic heterocycles. The highest BCUT2D eigenvalue weighted by Crippen LogP contribution is 2.18. The number of hydrogen-bond acceptors (Lipinski definition) is 5. The molecule has 2 rings (SSSR count). The zero-order chi connectivity index (χ0) is 21.0. The summed E-state index contributed by atoms with van der Waals surface area (Å²) in [4.78, 5) is 26.2. The number of carboxylic acid groups (broad SMARTS) is 1. The van der Waals surface area contributed by atoms with E-state index in [4.69, 9.17) is 19.8 Å². The van der Waals surface area contributed by atoms with Crippen LogP contribution in [0.2, 0.25) is 0 Å². The van der Waals surface area contributed by atoms with Crippen LogP contribution < -0.4 is 5.32 Å². The van der Waals surface area contributed by atoms with Gasteiger partial charge in [0, 0.05) is 12.8 Å². The first-order chi connectivity index (χ1) is 12.5. The lowest BCUT2D eigenvalue weighted by Gasteiger charge is -2.14. The molecule has 0 unspecified atom stereocenters. The molecule has 1 aromatic rings. The van der Waals surface area contributed by atoms with Crippen molar-refractivity contribution in [1.29, 1.82) is 0 Å². The number of aryl methyl sites for hydroxylation is 2. The molecule has 0 spiro atoms. The molecule has 0 saturated carbocycles. The van der Waals surface area contributed by atoms with Crippen LogP contribution in [0.25, 0.3) is 0 Å². The van der Waals surface area contributed by atoms with Crippen molar-refractivity contribution in [3.8, 4) is 0 Å². The van der Waals surface area contributed by atoms with Crippen molar-refractivity contribution in [2.24, 2.45) is 0 Å². The van der Waals surface area contributed by atoms with Gasteiger partial charge in [0.05, 0.1) is 0 Å². The number of carboxylic acids is 1. The van der Waals surface area contributed by atoms with Crippen molar-refractivity contribution < 1.29 is 24.6 Å². The normalized spacial score (nSPS) is 11.2. The highest BCUT2D eigenvalue weighted by molar-refractivity contribution is 5.69. The molecule has 6 heteroatoms. The van der Waals surface area contributed by atoms with Gasteiger partial charge in [-0.3, -0.25) is 4.79 Å². The lowest BCUT2D eigenvalue weighted by molar-refractivity contribution is -0.135. The number of benzene rings is 1. The Morgan fingerprint density at radius 2 is 1.42 bits per heavy atom. The van der Waals surface area contributed by atoms with Crippen LogP contribution >= 0.6 is 0 Å². The molecule has 0 aliphatic heterocycles. The van der Waals surface area contributed by atoms with Gasteiger partial charge in [0.15, 0.2) is 0 Å². The number of aliphatic hydroxyl groups excluding tert-OH is 1. The number of rotatable bonds is 3. The number of allylic oxidation sites excluding steroid dienone is 3. The van der Waals surface area contributed by atoms with Gasteiger partial charge in [0.2, 0.25) is 0 Å². The van der Waals surface area contributed by atoms with Gasteiger partial charge in [-0.2, -0.15) is 0 Å². The van der Waals surface area contributed by atoms with Crippen molar-refractivity contribution in [3.63, 3.8) is 0 Å². The minimum atomic E-state index is -0.827. The van der Waals surface area contributed by atoms with Crippen LogP contribution in [0.15, 0.2) is 48.2 Å². The van der Waals surface area contributed by atoms with Gasteiger partial charge in [-0.25, -0.2) is 0 Å². The molecule has 0 radical (unpaired) electrons. The zero-order valence-electron chi connectivity index (χ0n) is 16.0. The molecule has 3 N–H and O–H groups in total. The van der Waals surface area contributed by atoms with Gasteiger partial charge in [-0.1, -0.05) is 47.5 Å². The van der Waals surface area contributed by atoms with Crippen LogP contribution in [0.3, 0.4) is 0 Å². The van der Waals surface area contributed by atoms with E-state index in [9.17, 15) is 4.79 Å². The Hall–Kier alpha value is -2.73. The predicted octanol–water partition coefficient (Wildman–Crippen LogP) is 2.83. The van der Waals surface area contributed by atoms with Crippen LogP contribution in [0.1, 0.15) is 30.4 Å². The van der Waals surface area contributed by atoms with Gasteiger partial charge in [-0.05, 0) is 39.2 Å². The second kappa shape index (κ2) is 20.3. The highest BCUT2D eigenvalue weighted by Gasteiger charge is 2.06. The first-order valence-electron chi connectivity index (χ1n) is 7.87. The predicted molar refractivity (Wildman–Crippen MR) is 105 cm³/mol. The molecule has 0 amide bonds. The Morgan fingerprint density at radius 1 is 1.00 bits per heavy atom. The number of carbonyl (C=O) groups is 3. The molecular formula is C20H31NO5. The van der Waals surface area contributed by atoms with Crippen LogP contribution in [-0.4, -0.2) is 43.4 Å². The molecule has 0 saturated heterocycles. The average molecular weight is 365 g/mol. The monoisotopic (exact) mass is 365 g/mol. The van der Waals surface area contributed by atoms with Crippen molar-refractivity contribution in [2.75, 3.05) is 13.7 Å². The minimum Gasteiger partial charge on any atom is -0.480 e.